The molecule has 0 atom stereocenters. The lowest BCUT2D eigenvalue weighted by Crippen LogP contribution is -2.49. The van der Waals surface area contributed by atoms with Crippen molar-refractivity contribution in [1.29, 1.82) is 0 Å². The molecule has 0 saturated carbocycles. The number of nitro groups is 1. The average Bonchev–Trinajstić information content (AvgIpc) is 2.72. The predicted molar refractivity (Wildman–Crippen MR) is 116 cm³/mol. The van der Waals surface area contributed by atoms with E-state index in [9.17, 15) is 19.7 Å². The van der Waals surface area contributed by atoms with Gasteiger partial charge in [-0.1, -0.05) is 41.4 Å². The largest absolute Gasteiger partial charge is 0.339 e. The van der Waals surface area contributed by atoms with E-state index in [0.717, 1.165) is 0 Å². The summed E-state index contributed by atoms with van der Waals surface area (Å²) in [6.07, 6.45) is 2.93. The molecule has 156 valence electrons. The van der Waals surface area contributed by atoms with Crippen molar-refractivity contribution in [3.8, 4) is 11.1 Å². The summed E-state index contributed by atoms with van der Waals surface area (Å²) in [5.74, 6) is -0.239. The van der Waals surface area contributed by atoms with Crippen LogP contribution >= 0.6 is 23.2 Å². The number of carbonyl (C=O) groups is 2. The van der Waals surface area contributed by atoms with Crippen molar-refractivity contribution in [3.05, 3.63) is 68.2 Å². The Bertz CT molecular complexity index is 1030. The van der Waals surface area contributed by atoms with Crippen molar-refractivity contribution in [1.82, 2.24) is 9.80 Å². The van der Waals surface area contributed by atoms with Crippen molar-refractivity contribution in [2.75, 3.05) is 26.2 Å². The van der Waals surface area contributed by atoms with Gasteiger partial charge in [0.25, 0.3) is 5.69 Å². The number of nitro benzene ring substituents is 1. The van der Waals surface area contributed by atoms with Crippen molar-refractivity contribution in [2.24, 2.45) is 0 Å². The highest BCUT2D eigenvalue weighted by Crippen LogP contribution is 2.39. The van der Waals surface area contributed by atoms with Gasteiger partial charge in [0.2, 0.25) is 11.8 Å². The first-order chi connectivity index (χ1) is 14.3. The van der Waals surface area contributed by atoms with Crippen molar-refractivity contribution < 1.29 is 14.5 Å². The Balaban J connectivity index is 1.91. The van der Waals surface area contributed by atoms with E-state index in [2.05, 4.69) is 0 Å². The maximum atomic E-state index is 12.6. The first-order valence-electron chi connectivity index (χ1n) is 9.23. The van der Waals surface area contributed by atoms with E-state index in [4.69, 9.17) is 23.2 Å². The highest BCUT2D eigenvalue weighted by molar-refractivity contribution is 6.36. The number of halogens is 2. The van der Waals surface area contributed by atoms with Gasteiger partial charge in [0.1, 0.15) is 0 Å². The van der Waals surface area contributed by atoms with E-state index < -0.39 is 4.92 Å². The van der Waals surface area contributed by atoms with Crippen molar-refractivity contribution in [3.63, 3.8) is 0 Å². The van der Waals surface area contributed by atoms with Gasteiger partial charge in [-0.15, -0.1) is 0 Å². The fourth-order valence-corrected chi connectivity index (χ4v) is 3.85. The highest BCUT2D eigenvalue weighted by Gasteiger charge is 2.22. The molecule has 0 N–H and O–H groups in total. The van der Waals surface area contributed by atoms with Crippen molar-refractivity contribution in [2.45, 2.75) is 6.92 Å². The molecule has 0 spiro atoms. The number of nitrogens with zero attached hydrogens (tertiary/aromatic N) is 3. The SMILES string of the molecule is CC(=O)N1CCN(C(=O)C=Cc2cccc([N+](=O)[O-])c2-c2ccc(Cl)cc2Cl)CC1. The smallest absolute Gasteiger partial charge is 0.277 e. The van der Waals surface area contributed by atoms with Crippen LogP contribution in [-0.2, 0) is 9.59 Å². The Kier molecular flexibility index (Phi) is 6.74. The van der Waals surface area contributed by atoms with Crippen LogP contribution in [0.25, 0.3) is 17.2 Å². The van der Waals surface area contributed by atoms with Gasteiger partial charge >= 0.3 is 0 Å². The molecule has 9 heteroatoms. The second kappa shape index (κ2) is 9.28. The Morgan fingerprint density at radius 1 is 1.07 bits per heavy atom. The maximum Gasteiger partial charge on any atom is 0.277 e. The summed E-state index contributed by atoms with van der Waals surface area (Å²) in [5.41, 5.74) is 1.14. The minimum absolute atomic E-state index is 0.0151. The third-order valence-corrected chi connectivity index (χ3v) is 5.46. The molecule has 7 nitrogen and oxygen atoms in total. The number of hydrogen-bond acceptors (Lipinski definition) is 4. The number of amides is 2. The zero-order valence-electron chi connectivity index (χ0n) is 16.2. The molecule has 30 heavy (non-hydrogen) atoms. The fraction of sp³-hybridized carbons (Fsp3) is 0.238. The number of piperazine rings is 1. The van der Waals surface area contributed by atoms with Crippen LogP contribution in [0.3, 0.4) is 0 Å². The van der Waals surface area contributed by atoms with Gasteiger partial charge in [-0.2, -0.15) is 0 Å². The Morgan fingerprint density at radius 3 is 2.33 bits per heavy atom. The molecule has 2 aromatic carbocycles. The highest BCUT2D eigenvalue weighted by atomic mass is 35.5. The summed E-state index contributed by atoms with van der Waals surface area (Å²) in [4.78, 5) is 38.5. The van der Waals surface area contributed by atoms with Crippen LogP contribution in [0.1, 0.15) is 12.5 Å². The molecule has 1 heterocycles. The Labute approximate surface area is 183 Å². The van der Waals surface area contributed by atoms with Gasteiger partial charge in [-0.05, 0) is 23.8 Å². The minimum atomic E-state index is -0.486. The lowest BCUT2D eigenvalue weighted by molar-refractivity contribution is -0.384. The molecular weight excluding hydrogens is 429 g/mol. The van der Waals surface area contributed by atoms with Gasteiger partial charge in [0.05, 0.1) is 15.5 Å². The topological polar surface area (TPSA) is 83.8 Å². The molecule has 0 aliphatic carbocycles. The second-order valence-corrected chi connectivity index (χ2v) is 7.63. The van der Waals surface area contributed by atoms with E-state index >= 15 is 0 Å². The van der Waals surface area contributed by atoms with Gasteiger partial charge < -0.3 is 9.80 Å². The first-order valence-corrected chi connectivity index (χ1v) is 9.99. The zero-order valence-corrected chi connectivity index (χ0v) is 17.7. The summed E-state index contributed by atoms with van der Waals surface area (Å²) in [7, 11) is 0. The van der Waals surface area contributed by atoms with Crippen LogP contribution in [-0.4, -0.2) is 52.7 Å². The number of benzene rings is 2. The van der Waals surface area contributed by atoms with Gasteiger partial charge in [-0.3, -0.25) is 19.7 Å². The van der Waals surface area contributed by atoms with E-state index in [1.165, 1.54) is 25.1 Å². The van der Waals surface area contributed by atoms with Crippen LogP contribution in [0.2, 0.25) is 10.0 Å². The fourth-order valence-electron chi connectivity index (χ4n) is 3.34. The van der Waals surface area contributed by atoms with Crippen LogP contribution in [0, 0.1) is 10.1 Å². The van der Waals surface area contributed by atoms with Gasteiger partial charge in [0.15, 0.2) is 0 Å². The molecule has 2 amide bonds. The van der Waals surface area contributed by atoms with Crippen LogP contribution < -0.4 is 0 Å². The summed E-state index contributed by atoms with van der Waals surface area (Å²) in [6, 6.07) is 9.37. The lowest BCUT2D eigenvalue weighted by atomic mass is 9.97. The van der Waals surface area contributed by atoms with Gasteiger partial charge in [0, 0.05) is 55.8 Å². The molecule has 0 unspecified atom stereocenters. The summed E-state index contributed by atoms with van der Waals surface area (Å²) < 4.78 is 0. The average molecular weight is 448 g/mol. The molecule has 1 saturated heterocycles. The number of hydrogen-bond donors (Lipinski definition) is 0. The zero-order chi connectivity index (χ0) is 21.8. The summed E-state index contributed by atoms with van der Waals surface area (Å²) in [6.45, 7) is 3.35. The molecule has 1 fully saturated rings. The molecule has 0 bridgehead atoms. The molecule has 0 aromatic heterocycles. The molecule has 1 aliphatic rings. The Hall–Kier alpha value is -2.90. The molecule has 2 aromatic rings. The minimum Gasteiger partial charge on any atom is -0.339 e. The van der Waals surface area contributed by atoms with Gasteiger partial charge in [-0.25, -0.2) is 0 Å². The van der Waals surface area contributed by atoms with E-state index in [1.807, 2.05) is 0 Å². The lowest BCUT2D eigenvalue weighted by Gasteiger charge is -2.33. The van der Waals surface area contributed by atoms with Crippen LogP contribution in [0.4, 0.5) is 5.69 Å². The number of rotatable bonds is 4. The predicted octanol–water partition coefficient (Wildman–Crippen LogP) is 4.27. The maximum absolute atomic E-state index is 12.6. The third kappa shape index (κ3) is 4.80. The summed E-state index contributed by atoms with van der Waals surface area (Å²) in [5, 5.41) is 12.3. The standard InChI is InChI=1S/C21H19Cl2N3O4/c1-14(27)24-9-11-25(12-10-24)20(28)8-5-15-3-2-4-19(26(29)30)21(15)17-7-6-16(22)13-18(17)23/h2-8,13H,9-12H2,1H3. The Morgan fingerprint density at radius 2 is 1.73 bits per heavy atom. The normalized spacial score (nSPS) is 14.2. The second-order valence-electron chi connectivity index (χ2n) is 6.79. The molecular formula is C21H19Cl2N3O4. The van der Waals surface area contributed by atoms with Crippen LogP contribution in [0.5, 0.6) is 0 Å². The summed E-state index contributed by atoms with van der Waals surface area (Å²) >= 11 is 12.3. The molecule has 0 radical (unpaired) electrons. The quantitative estimate of drug-likeness (QED) is 0.397. The first kappa shape index (κ1) is 21.8. The molecule has 1 aliphatic heterocycles. The molecule has 3 rings (SSSR count). The van der Waals surface area contributed by atoms with E-state index in [-0.39, 0.29) is 22.5 Å². The van der Waals surface area contributed by atoms with E-state index in [1.54, 1.807) is 40.1 Å². The van der Waals surface area contributed by atoms with Crippen LogP contribution in [0.15, 0.2) is 42.5 Å². The van der Waals surface area contributed by atoms with E-state index in [0.29, 0.717) is 47.9 Å². The van der Waals surface area contributed by atoms with Crippen molar-refractivity contribution >= 4 is 46.8 Å². The monoisotopic (exact) mass is 447 g/mol. The number of carbonyl (C=O) groups excluding carboxylic acids is 2. The third-order valence-electron chi connectivity index (χ3n) is 4.91.